The van der Waals surface area contributed by atoms with Crippen LogP contribution in [0.1, 0.15) is 25.7 Å². The Morgan fingerprint density at radius 1 is 1.38 bits per heavy atom. The highest BCUT2D eigenvalue weighted by atomic mass is 79.9. The van der Waals surface area contributed by atoms with Crippen LogP contribution in [0.3, 0.4) is 0 Å². The van der Waals surface area contributed by atoms with Crippen LogP contribution >= 0.6 is 15.9 Å². The Labute approximate surface area is 85.1 Å². The summed E-state index contributed by atoms with van der Waals surface area (Å²) in [7, 11) is 0. The van der Waals surface area contributed by atoms with E-state index in [1.165, 1.54) is 0 Å². The summed E-state index contributed by atoms with van der Waals surface area (Å²) in [5.41, 5.74) is 1.75. The molecule has 1 aromatic heterocycles. The van der Waals surface area contributed by atoms with Crippen LogP contribution in [0.5, 0.6) is 0 Å². The quantitative estimate of drug-likeness (QED) is 0.759. The van der Waals surface area contributed by atoms with Gasteiger partial charge in [-0.3, -0.25) is 0 Å². The fourth-order valence-electron chi connectivity index (χ4n) is 1.18. The number of rotatable bonds is 1. The molecule has 0 saturated heterocycles. The van der Waals surface area contributed by atoms with E-state index in [-0.39, 0.29) is 0 Å². The number of para-hydroxylation sites is 1. The van der Waals surface area contributed by atoms with Gasteiger partial charge in [-0.15, -0.1) is 0 Å². The molecular weight excluding hydrogens is 230 g/mol. The predicted octanol–water partition coefficient (Wildman–Crippen LogP) is 3.71. The fourth-order valence-corrected chi connectivity index (χ4v) is 1.62. The van der Waals surface area contributed by atoms with Crippen LogP contribution in [0.25, 0.3) is 11.1 Å². The molecule has 2 nitrogen and oxygen atoms in total. The minimum atomic E-state index is 0.333. The summed E-state index contributed by atoms with van der Waals surface area (Å²) in [6.45, 7) is 4.14. The first-order valence-corrected chi connectivity index (χ1v) is 5.02. The number of benzene rings is 1. The summed E-state index contributed by atoms with van der Waals surface area (Å²) in [5, 5.41) is 0. The van der Waals surface area contributed by atoms with Crippen molar-refractivity contribution in [3.05, 3.63) is 28.6 Å². The highest BCUT2D eigenvalue weighted by Crippen LogP contribution is 2.26. The van der Waals surface area contributed by atoms with Gasteiger partial charge in [-0.05, 0) is 28.1 Å². The lowest BCUT2D eigenvalue weighted by molar-refractivity contribution is 0.500. The van der Waals surface area contributed by atoms with Gasteiger partial charge >= 0.3 is 0 Å². The van der Waals surface area contributed by atoms with Crippen molar-refractivity contribution < 1.29 is 4.42 Å². The van der Waals surface area contributed by atoms with Crippen molar-refractivity contribution in [3.63, 3.8) is 0 Å². The van der Waals surface area contributed by atoms with Crippen molar-refractivity contribution in [1.82, 2.24) is 4.98 Å². The predicted molar refractivity (Wildman–Crippen MR) is 55.8 cm³/mol. The van der Waals surface area contributed by atoms with E-state index in [0.29, 0.717) is 5.92 Å². The molecule has 0 aliphatic heterocycles. The minimum absolute atomic E-state index is 0.333. The molecule has 0 spiro atoms. The number of fused-ring (bicyclic) bond motifs is 1. The average Bonchev–Trinajstić information content (AvgIpc) is 2.49. The zero-order chi connectivity index (χ0) is 9.42. The third kappa shape index (κ3) is 1.48. The van der Waals surface area contributed by atoms with E-state index in [1.807, 2.05) is 18.2 Å². The molecule has 0 radical (unpaired) electrons. The number of oxazole rings is 1. The van der Waals surface area contributed by atoms with Crippen molar-refractivity contribution in [2.24, 2.45) is 0 Å². The van der Waals surface area contributed by atoms with Crippen LogP contribution in [0.4, 0.5) is 0 Å². The molecule has 0 atom stereocenters. The summed E-state index contributed by atoms with van der Waals surface area (Å²) in [6.07, 6.45) is 0. The number of hydrogen-bond donors (Lipinski definition) is 0. The number of hydrogen-bond acceptors (Lipinski definition) is 2. The van der Waals surface area contributed by atoms with Crippen molar-refractivity contribution in [1.29, 1.82) is 0 Å². The summed E-state index contributed by atoms with van der Waals surface area (Å²) < 4.78 is 6.56. The van der Waals surface area contributed by atoms with E-state index in [0.717, 1.165) is 21.5 Å². The van der Waals surface area contributed by atoms with E-state index in [4.69, 9.17) is 4.42 Å². The summed E-state index contributed by atoms with van der Waals surface area (Å²) in [6, 6.07) is 5.87. The Morgan fingerprint density at radius 3 is 2.77 bits per heavy atom. The molecule has 0 N–H and O–H groups in total. The van der Waals surface area contributed by atoms with Crippen LogP contribution in [0.15, 0.2) is 27.1 Å². The van der Waals surface area contributed by atoms with Gasteiger partial charge in [0.2, 0.25) is 0 Å². The summed E-state index contributed by atoms with van der Waals surface area (Å²) in [4.78, 5) is 4.38. The van der Waals surface area contributed by atoms with Gasteiger partial charge < -0.3 is 4.42 Å². The molecular formula is C10H10BrNO. The second kappa shape index (κ2) is 3.14. The third-order valence-electron chi connectivity index (χ3n) is 1.88. The molecule has 0 aliphatic rings. The highest BCUT2D eigenvalue weighted by molar-refractivity contribution is 9.10. The van der Waals surface area contributed by atoms with Crippen LogP contribution in [0.2, 0.25) is 0 Å². The van der Waals surface area contributed by atoms with Crippen molar-refractivity contribution >= 4 is 27.0 Å². The minimum Gasteiger partial charge on any atom is -0.439 e. The fraction of sp³-hybridized carbons (Fsp3) is 0.300. The molecule has 0 bridgehead atoms. The molecule has 3 heteroatoms. The molecule has 0 amide bonds. The molecule has 68 valence electrons. The largest absolute Gasteiger partial charge is 0.439 e. The smallest absolute Gasteiger partial charge is 0.198 e. The molecule has 1 aromatic carbocycles. The Kier molecular flexibility index (Phi) is 2.12. The third-order valence-corrected chi connectivity index (χ3v) is 2.50. The maximum absolute atomic E-state index is 5.60. The Hall–Kier alpha value is -0.830. The standard InChI is InChI=1S/C10H10BrNO/c1-6(2)10-12-8-5-3-4-7(11)9(8)13-10/h3-6H,1-2H3. The van der Waals surface area contributed by atoms with Gasteiger partial charge in [-0.1, -0.05) is 19.9 Å². The van der Waals surface area contributed by atoms with E-state index < -0.39 is 0 Å². The Balaban J connectivity index is 2.68. The van der Waals surface area contributed by atoms with Gasteiger partial charge in [0.15, 0.2) is 11.5 Å². The maximum atomic E-state index is 5.60. The van der Waals surface area contributed by atoms with Gasteiger partial charge in [0, 0.05) is 5.92 Å². The second-order valence-electron chi connectivity index (χ2n) is 3.29. The molecule has 0 aliphatic carbocycles. The topological polar surface area (TPSA) is 26.0 Å². The lowest BCUT2D eigenvalue weighted by atomic mass is 10.2. The molecule has 2 aromatic rings. The van der Waals surface area contributed by atoms with Gasteiger partial charge in [0.05, 0.1) is 4.47 Å². The number of nitrogens with zero attached hydrogens (tertiary/aromatic N) is 1. The van der Waals surface area contributed by atoms with Crippen LogP contribution in [-0.2, 0) is 0 Å². The molecule has 0 saturated carbocycles. The van der Waals surface area contributed by atoms with Crippen molar-refractivity contribution in [3.8, 4) is 0 Å². The van der Waals surface area contributed by atoms with Crippen LogP contribution in [-0.4, -0.2) is 4.98 Å². The Bertz CT molecular complexity index is 433. The zero-order valence-corrected chi connectivity index (χ0v) is 9.13. The van der Waals surface area contributed by atoms with Gasteiger partial charge in [-0.25, -0.2) is 4.98 Å². The molecule has 0 unspecified atom stereocenters. The van der Waals surface area contributed by atoms with Crippen LogP contribution in [0, 0.1) is 0 Å². The van der Waals surface area contributed by atoms with Gasteiger partial charge in [0.1, 0.15) is 5.52 Å². The first-order chi connectivity index (χ1) is 6.18. The van der Waals surface area contributed by atoms with E-state index >= 15 is 0 Å². The molecule has 2 rings (SSSR count). The van der Waals surface area contributed by atoms with E-state index in [2.05, 4.69) is 34.8 Å². The molecule has 0 fully saturated rings. The second-order valence-corrected chi connectivity index (χ2v) is 4.15. The SMILES string of the molecule is CC(C)c1nc2cccc(Br)c2o1. The van der Waals surface area contributed by atoms with Gasteiger partial charge in [-0.2, -0.15) is 0 Å². The van der Waals surface area contributed by atoms with Crippen LogP contribution < -0.4 is 0 Å². The molecule has 13 heavy (non-hydrogen) atoms. The normalized spacial score (nSPS) is 11.4. The van der Waals surface area contributed by atoms with E-state index in [9.17, 15) is 0 Å². The highest BCUT2D eigenvalue weighted by Gasteiger charge is 2.10. The van der Waals surface area contributed by atoms with E-state index in [1.54, 1.807) is 0 Å². The van der Waals surface area contributed by atoms with Gasteiger partial charge in [0.25, 0.3) is 0 Å². The van der Waals surface area contributed by atoms with Crippen molar-refractivity contribution in [2.75, 3.05) is 0 Å². The molecule has 1 heterocycles. The first-order valence-electron chi connectivity index (χ1n) is 4.23. The number of aromatic nitrogens is 1. The number of halogens is 1. The summed E-state index contributed by atoms with van der Waals surface area (Å²) in [5.74, 6) is 1.13. The summed E-state index contributed by atoms with van der Waals surface area (Å²) >= 11 is 3.43. The zero-order valence-electron chi connectivity index (χ0n) is 7.54. The lowest BCUT2D eigenvalue weighted by Crippen LogP contribution is -1.84. The maximum Gasteiger partial charge on any atom is 0.198 e. The monoisotopic (exact) mass is 239 g/mol. The lowest BCUT2D eigenvalue weighted by Gasteiger charge is -1.94. The average molecular weight is 240 g/mol. The first kappa shape index (κ1) is 8.75. The van der Waals surface area contributed by atoms with Crippen molar-refractivity contribution in [2.45, 2.75) is 19.8 Å². The Morgan fingerprint density at radius 2 is 2.15 bits per heavy atom.